The predicted molar refractivity (Wildman–Crippen MR) is 116 cm³/mol. The molecule has 3 amide bonds. The third kappa shape index (κ3) is 10.3. The Morgan fingerprint density at radius 1 is 1.13 bits per heavy atom. The van der Waals surface area contributed by atoms with Crippen molar-refractivity contribution in [3.63, 3.8) is 0 Å². The number of amides is 3. The third-order valence-corrected chi connectivity index (χ3v) is 3.91. The van der Waals surface area contributed by atoms with E-state index in [-0.39, 0.29) is 12.5 Å². The van der Waals surface area contributed by atoms with E-state index in [1.807, 2.05) is 20.8 Å². The molecule has 9 nitrogen and oxygen atoms in total. The normalized spacial score (nSPS) is 12.1. The van der Waals surface area contributed by atoms with Crippen LogP contribution in [0.5, 0.6) is 5.75 Å². The highest BCUT2D eigenvalue weighted by Crippen LogP contribution is 2.12. The average molecular weight is 434 g/mol. The van der Waals surface area contributed by atoms with Gasteiger partial charge in [0, 0.05) is 18.7 Å². The lowest BCUT2D eigenvalue weighted by molar-refractivity contribution is -0.153. The Morgan fingerprint density at radius 3 is 2.29 bits per heavy atom. The molecule has 0 aliphatic heterocycles. The van der Waals surface area contributed by atoms with E-state index < -0.39 is 36.0 Å². The first-order valence-corrected chi connectivity index (χ1v) is 9.75. The van der Waals surface area contributed by atoms with Gasteiger partial charge in [0.15, 0.2) is 6.61 Å². The largest absolute Gasteiger partial charge is 0.497 e. The molecule has 2 N–H and O–H groups in total. The zero-order valence-corrected chi connectivity index (χ0v) is 18.9. The van der Waals surface area contributed by atoms with Crippen LogP contribution < -0.4 is 15.4 Å². The number of rotatable bonds is 9. The van der Waals surface area contributed by atoms with Crippen LogP contribution in [-0.2, 0) is 23.9 Å². The molecule has 1 rings (SSSR count). The maximum absolute atomic E-state index is 12.1. The number of carbonyl (C=O) groups excluding carboxylic acids is 4. The molecule has 0 aliphatic carbocycles. The number of benzene rings is 1. The minimum Gasteiger partial charge on any atom is -0.497 e. The number of hydrogen-bond acceptors (Lipinski definition) is 6. The second kappa shape index (κ2) is 11.7. The highest BCUT2D eigenvalue weighted by atomic mass is 16.5. The SMILES string of the molecule is COc1ccc(C=CC(=O)N[C@@H](C)C(=O)OCC(=O)N(C)CC(=O)NC(C)(C)C)cc1. The van der Waals surface area contributed by atoms with Gasteiger partial charge < -0.3 is 25.0 Å². The number of hydrogen-bond donors (Lipinski definition) is 2. The number of ether oxygens (including phenoxy) is 2. The van der Waals surface area contributed by atoms with Gasteiger partial charge in [0.05, 0.1) is 13.7 Å². The molecule has 0 aromatic heterocycles. The Bertz CT molecular complexity index is 812. The van der Waals surface area contributed by atoms with Gasteiger partial charge in [-0.1, -0.05) is 12.1 Å². The summed E-state index contributed by atoms with van der Waals surface area (Å²) in [4.78, 5) is 49.1. The number of carbonyl (C=O) groups is 4. The molecule has 0 saturated carbocycles. The Balaban J connectivity index is 2.43. The summed E-state index contributed by atoms with van der Waals surface area (Å²) in [6, 6.07) is 6.14. The first-order valence-electron chi connectivity index (χ1n) is 9.75. The predicted octanol–water partition coefficient (Wildman–Crippen LogP) is 1.13. The summed E-state index contributed by atoms with van der Waals surface area (Å²) in [5.74, 6) is -1.39. The van der Waals surface area contributed by atoms with Gasteiger partial charge in [-0.25, -0.2) is 4.79 Å². The summed E-state index contributed by atoms with van der Waals surface area (Å²) in [5, 5.41) is 5.21. The summed E-state index contributed by atoms with van der Waals surface area (Å²) >= 11 is 0. The van der Waals surface area contributed by atoms with E-state index in [1.165, 1.54) is 20.0 Å². The van der Waals surface area contributed by atoms with Gasteiger partial charge in [-0.2, -0.15) is 0 Å². The van der Waals surface area contributed by atoms with Crippen LogP contribution in [0.15, 0.2) is 30.3 Å². The Kier molecular flexibility index (Phi) is 9.72. The van der Waals surface area contributed by atoms with Gasteiger partial charge in [-0.3, -0.25) is 14.4 Å². The first-order chi connectivity index (χ1) is 14.4. The van der Waals surface area contributed by atoms with Crippen LogP contribution in [0, 0.1) is 0 Å². The fourth-order valence-corrected chi connectivity index (χ4v) is 2.34. The zero-order chi connectivity index (χ0) is 23.6. The highest BCUT2D eigenvalue weighted by Gasteiger charge is 2.21. The monoisotopic (exact) mass is 433 g/mol. The number of esters is 1. The first kappa shape index (κ1) is 25.7. The van der Waals surface area contributed by atoms with Crippen molar-refractivity contribution in [2.45, 2.75) is 39.3 Å². The van der Waals surface area contributed by atoms with Crippen molar-refractivity contribution in [2.75, 3.05) is 27.3 Å². The highest BCUT2D eigenvalue weighted by molar-refractivity contribution is 5.94. The fraction of sp³-hybridized carbons (Fsp3) is 0.455. The topological polar surface area (TPSA) is 114 Å². The Hall–Kier alpha value is -3.36. The van der Waals surface area contributed by atoms with Crippen LogP contribution in [0.4, 0.5) is 0 Å². The van der Waals surface area contributed by atoms with E-state index in [2.05, 4.69) is 10.6 Å². The summed E-state index contributed by atoms with van der Waals surface area (Å²) < 4.78 is 10.0. The summed E-state index contributed by atoms with van der Waals surface area (Å²) in [6.07, 6.45) is 2.88. The van der Waals surface area contributed by atoms with E-state index in [0.29, 0.717) is 5.75 Å². The molecule has 0 aliphatic rings. The Labute approximate surface area is 182 Å². The average Bonchev–Trinajstić information content (AvgIpc) is 2.68. The zero-order valence-electron chi connectivity index (χ0n) is 18.9. The molecule has 0 bridgehead atoms. The fourth-order valence-electron chi connectivity index (χ4n) is 2.34. The third-order valence-electron chi connectivity index (χ3n) is 3.91. The van der Waals surface area contributed by atoms with Gasteiger partial charge in [0.25, 0.3) is 5.91 Å². The molecule has 0 unspecified atom stereocenters. The van der Waals surface area contributed by atoms with Gasteiger partial charge in [-0.05, 0) is 51.5 Å². The van der Waals surface area contributed by atoms with Crippen molar-refractivity contribution in [1.29, 1.82) is 0 Å². The molecule has 0 saturated heterocycles. The molecule has 31 heavy (non-hydrogen) atoms. The molecule has 0 spiro atoms. The van der Waals surface area contributed by atoms with E-state index in [9.17, 15) is 19.2 Å². The maximum atomic E-state index is 12.1. The molecular formula is C22H31N3O6. The van der Waals surface area contributed by atoms with Crippen LogP contribution in [0.3, 0.4) is 0 Å². The van der Waals surface area contributed by atoms with Crippen LogP contribution >= 0.6 is 0 Å². The summed E-state index contributed by atoms with van der Waals surface area (Å²) in [5.41, 5.74) is 0.374. The molecule has 0 fully saturated rings. The molecule has 1 aromatic carbocycles. The van der Waals surface area contributed by atoms with E-state index >= 15 is 0 Å². The number of nitrogens with one attached hydrogen (secondary N) is 2. The molecule has 1 atom stereocenters. The molecule has 0 radical (unpaired) electrons. The maximum Gasteiger partial charge on any atom is 0.328 e. The minimum atomic E-state index is -0.949. The standard InChI is InChI=1S/C22H31N3O6/c1-15(23-18(26)12-9-16-7-10-17(30-6)11-8-16)21(29)31-14-20(28)25(5)13-19(27)24-22(2,3)4/h7-12,15H,13-14H2,1-6H3,(H,23,26)(H,24,27)/t15-/m0/s1. The van der Waals surface area contributed by atoms with Crippen molar-refractivity contribution in [1.82, 2.24) is 15.5 Å². The van der Waals surface area contributed by atoms with Crippen molar-refractivity contribution in [2.24, 2.45) is 0 Å². The number of methoxy groups -OCH3 is 1. The molecule has 170 valence electrons. The number of nitrogens with zero attached hydrogens (tertiary/aromatic N) is 1. The molecule has 1 aromatic rings. The lowest BCUT2D eigenvalue weighted by atomic mass is 10.1. The van der Waals surface area contributed by atoms with Crippen LogP contribution in [0.25, 0.3) is 6.08 Å². The summed E-state index contributed by atoms with van der Waals surface area (Å²) in [7, 11) is 3.00. The van der Waals surface area contributed by atoms with Crippen LogP contribution in [0.2, 0.25) is 0 Å². The van der Waals surface area contributed by atoms with E-state index in [4.69, 9.17) is 9.47 Å². The lowest BCUT2D eigenvalue weighted by Crippen LogP contribution is -2.47. The van der Waals surface area contributed by atoms with Gasteiger partial charge in [0.1, 0.15) is 11.8 Å². The summed E-state index contributed by atoms with van der Waals surface area (Å²) in [6.45, 7) is 6.26. The van der Waals surface area contributed by atoms with Crippen molar-refractivity contribution in [3.8, 4) is 5.75 Å². The second-order valence-corrected chi connectivity index (χ2v) is 7.99. The van der Waals surface area contributed by atoms with Crippen LogP contribution in [-0.4, -0.2) is 67.5 Å². The minimum absolute atomic E-state index is 0.157. The number of likely N-dealkylation sites (N-methyl/N-ethyl adjacent to an activating group) is 1. The molecule has 9 heteroatoms. The molecular weight excluding hydrogens is 402 g/mol. The van der Waals surface area contributed by atoms with Crippen molar-refractivity contribution >= 4 is 29.8 Å². The second-order valence-electron chi connectivity index (χ2n) is 7.99. The van der Waals surface area contributed by atoms with Crippen molar-refractivity contribution in [3.05, 3.63) is 35.9 Å². The van der Waals surface area contributed by atoms with Crippen molar-refractivity contribution < 1.29 is 28.7 Å². The Morgan fingerprint density at radius 2 is 1.74 bits per heavy atom. The van der Waals surface area contributed by atoms with Gasteiger partial charge in [-0.15, -0.1) is 0 Å². The quantitative estimate of drug-likeness (QED) is 0.446. The van der Waals surface area contributed by atoms with E-state index in [1.54, 1.807) is 37.5 Å². The molecule has 0 heterocycles. The van der Waals surface area contributed by atoms with Gasteiger partial charge >= 0.3 is 5.97 Å². The van der Waals surface area contributed by atoms with Gasteiger partial charge in [0.2, 0.25) is 11.8 Å². The lowest BCUT2D eigenvalue weighted by Gasteiger charge is -2.23. The van der Waals surface area contributed by atoms with Crippen LogP contribution in [0.1, 0.15) is 33.3 Å². The van der Waals surface area contributed by atoms with E-state index in [0.717, 1.165) is 10.5 Å². The smallest absolute Gasteiger partial charge is 0.328 e.